The van der Waals surface area contributed by atoms with Gasteiger partial charge in [-0.15, -0.1) is 0 Å². The molecule has 0 bridgehead atoms. The average Bonchev–Trinajstić information content (AvgIpc) is 2.38. The Bertz CT molecular complexity index is 620. The summed E-state index contributed by atoms with van der Waals surface area (Å²) in [5.41, 5.74) is 0.160. The Morgan fingerprint density at radius 1 is 1.24 bits per heavy atom. The highest BCUT2D eigenvalue weighted by atomic mass is 32.2. The molecular formula is C14H19FN2O3S. The molecule has 1 amide bonds. The fraction of sp³-hybridized carbons (Fsp3) is 0.500. The fourth-order valence-corrected chi connectivity index (χ4v) is 3.64. The van der Waals surface area contributed by atoms with Gasteiger partial charge in [-0.2, -0.15) is 0 Å². The summed E-state index contributed by atoms with van der Waals surface area (Å²) in [6.45, 7) is 2.08. The molecule has 1 fully saturated rings. The molecule has 116 valence electrons. The SMILES string of the molecule is CC(=O)NC1(c2ccc(F)cc2)CCN(S(C)(=O)=O)CC1. The molecule has 1 heterocycles. The Balaban J connectivity index is 2.28. The number of hydrogen-bond donors (Lipinski definition) is 1. The summed E-state index contributed by atoms with van der Waals surface area (Å²) < 4.78 is 37.7. The topological polar surface area (TPSA) is 66.5 Å². The second-order valence-corrected chi connectivity index (χ2v) is 7.41. The number of carbonyl (C=O) groups is 1. The number of carbonyl (C=O) groups excluding carboxylic acids is 1. The number of rotatable bonds is 3. The summed E-state index contributed by atoms with van der Waals surface area (Å²) in [7, 11) is -3.23. The summed E-state index contributed by atoms with van der Waals surface area (Å²) in [5.74, 6) is -0.530. The van der Waals surface area contributed by atoms with Crippen LogP contribution in [0.25, 0.3) is 0 Å². The Morgan fingerprint density at radius 3 is 2.19 bits per heavy atom. The van der Waals surface area contributed by atoms with Crippen LogP contribution in [0.15, 0.2) is 24.3 Å². The molecule has 0 saturated carbocycles. The third-order valence-corrected chi connectivity index (χ3v) is 5.16. The highest BCUT2D eigenvalue weighted by molar-refractivity contribution is 7.88. The van der Waals surface area contributed by atoms with Crippen LogP contribution in [0.4, 0.5) is 4.39 Å². The lowest BCUT2D eigenvalue weighted by Crippen LogP contribution is -2.53. The van der Waals surface area contributed by atoms with E-state index in [9.17, 15) is 17.6 Å². The lowest BCUT2D eigenvalue weighted by molar-refractivity contribution is -0.121. The molecule has 1 aromatic carbocycles. The Labute approximate surface area is 124 Å². The van der Waals surface area contributed by atoms with Gasteiger partial charge in [0.1, 0.15) is 5.82 Å². The van der Waals surface area contributed by atoms with Crippen LogP contribution in [0.2, 0.25) is 0 Å². The van der Waals surface area contributed by atoms with Gasteiger partial charge < -0.3 is 5.32 Å². The van der Waals surface area contributed by atoms with Crippen LogP contribution in [0.3, 0.4) is 0 Å². The summed E-state index contributed by atoms with van der Waals surface area (Å²) in [6, 6.07) is 5.98. The molecule has 0 aliphatic carbocycles. The first-order chi connectivity index (χ1) is 9.73. The summed E-state index contributed by atoms with van der Waals surface area (Å²) in [4.78, 5) is 11.5. The second kappa shape index (κ2) is 5.73. The number of halogens is 1. The summed E-state index contributed by atoms with van der Waals surface area (Å²) in [5, 5.41) is 2.92. The van der Waals surface area contributed by atoms with E-state index in [4.69, 9.17) is 0 Å². The van der Waals surface area contributed by atoms with Gasteiger partial charge in [-0.3, -0.25) is 4.79 Å². The van der Waals surface area contributed by atoms with E-state index in [-0.39, 0.29) is 11.7 Å². The van der Waals surface area contributed by atoms with Gasteiger partial charge >= 0.3 is 0 Å². The van der Waals surface area contributed by atoms with Crippen molar-refractivity contribution in [3.8, 4) is 0 Å². The quantitative estimate of drug-likeness (QED) is 0.912. The predicted octanol–water partition coefficient (Wildman–Crippen LogP) is 1.21. The minimum atomic E-state index is -3.23. The molecule has 1 saturated heterocycles. The van der Waals surface area contributed by atoms with Gasteiger partial charge in [0.2, 0.25) is 15.9 Å². The maximum atomic E-state index is 13.1. The second-order valence-electron chi connectivity index (χ2n) is 5.43. The zero-order valence-electron chi connectivity index (χ0n) is 12.1. The molecule has 1 aliphatic heterocycles. The van der Waals surface area contributed by atoms with Crippen molar-refractivity contribution in [1.29, 1.82) is 0 Å². The monoisotopic (exact) mass is 314 g/mol. The van der Waals surface area contributed by atoms with Crippen molar-refractivity contribution in [2.75, 3.05) is 19.3 Å². The molecule has 0 radical (unpaired) electrons. The van der Waals surface area contributed by atoms with Gasteiger partial charge in [-0.1, -0.05) is 12.1 Å². The third-order valence-electron chi connectivity index (χ3n) is 3.86. The van der Waals surface area contributed by atoms with Crippen LogP contribution in [0, 0.1) is 5.82 Å². The number of amides is 1. The van der Waals surface area contributed by atoms with Crippen molar-refractivity contribution in [2.45, 2.75) is 25.3 Å². The summed E-state index contributed by atoms with van der Waals surface area (Å²) >= 11 is 0. The number of nitrogens with one attached hydrogen (secondary N) is 1. The molecule has 1 aromatic rings. The van der Waals surface area contributed by atoms with Crippen molar-refractivity contribution in [3.63, 3.8) is 0 Å². The van der Waals surface area contributed by atoms with Gasteiger partial charge in [0.25, 0.3) is 0 Å². The lowest BCUT2D eigenvalue weighted by atomic mass is 9.81. The van der Waals surface area contributed by atoms with Gasteiger partial charge in [0, 0.05) is 20.0 Å². The number of piperidine rings is 1. The molecule has 1 aliphatic rings. The molecule has 21 heavy (non-hydrogen) atoms. The van der Waals surface area contributed by atoms with Crippen molar-refractivity contribution < 1.29 is 17.6 Å². The lowest BCUT2D eigenvalue weighted by Gasteiger charge is -2.41. The molecule has 0 unspecified atom stereocenters. The van der Waals surface area contributed by atoms with Crippen LogP contribution in [0.1, 0.15) is 25.3 Å². The normalized spacial score (nSPS) is 19.2. The molecular weight excluding hydrogens is 295 g/mol. The minimum absolute atomic E-state index is 0.188. The fourth-order valence-electron chi connectivity index (χ4n) is 2.79. The largest absolute Gasteiger partial charge is 0.347 e. The molecule has 0 aromatic heterocycles. The van der Waals surface area contributed by atoms with Crippen LogP contribution in [-0.2, 0) is 20.4 Å². The summed E-state index contributed by atoms with van der Waals surface area (Å²) in [6.07, 6.45) is 2.10. The van der Waals surface area contributed by atoms with Crippen LogP contribution in [-0.4, -0.2) is 38.0 Å². The smallest absolute Gasteiger partial charge is 0.217 e. The first kappa shape index (κ1) is 15.9. The Hall–Kier alpha value is -1.47. The van der Waals surface area contributed by atoms with Crippen molar-refractivity contribution in [2.24, 2.45) is 0 Å². The standard InChI is InChI=1S/C14H19FN2O3S/c1-11(18)16-14(12-3-5-13(15)6-4-12)7-9-17(10-8-14)21(2,19)20/h3-6H,7-10H2,1-2H3,(H,16,18). The zero-order chi connectivity index (χ0) is 15.7. The van der Waals surface area contributed by atoms with Crippen molar-refractivity contribution in [1.82, 2.24) is 9.62 Å². The van der Waals surface area contributed by atoms with E-state index in [1.807, 2.05) is 0 Å². The predicted molar refractivity (Wildman–Crippen MR) is 77.5 cm³/mol. The molecule has 2 rings (SSSR count). The van der Waals surface area contributed by atoms with Crippen molar-refractivity contribution >= 4 is 15.9 Å². The Morgan fingerprint density at radius 2 is 1.76 bits per heavy atom. The van der Waals surface area contributed by atoms with Crippen LogP contribution >= 0.6 is 0 Å². The van der Waals surface area contributed by atoms with Gasteiger partial charge in [-0.05, 0) is 30.5 Å². The Kier molecular flexibility index (Phi) is 4.34. The van der Waals surface area contributed by atoms with E-state index in [0.717, 1.165) is 5.56 Å². The minimum Gasteiger partial charge on any atom is -0.347 e. The number of hydrogen-bond acceptors (Lipinski definition) is 3. The number of sulfonamides is 1. The van der Waals surface area contributed by atoms with E-state index in [1.165, 1.54) is 29.6 Å². The zero-order valence-corrected chi connectivity index (χ0v) is 12.9. The highest BCUT2D eigenvalue weighted by Crippen LogP contribution is 2.33. The van der Waals surface area contributed by atoms with Crippen LogP contribution in [0.5, 0.6) is 0 Å². The highest BCUT2D eigenvalue weighted by Gasteiger charge is 2.39. The average molecular weight is 314 g/mol. The van der Waals surface area contributed by atoms with E-state index in [0.29, 0.717) is 25.9 Å². The molecule has 7 heteroatoms. The molecule has 5 nitrogen and oxygen atoms in total. The third kappa shape index (κ3) is 3.59. The molecule has 1 N–H and O–H groups in total. The molecule has 0 spiro atoms. The number of nitrogens with zero attached hydrogens (tertiary/aromatic N) is 1. The maximum Gasteiger partial charge on any atom is 0.217 e. The van der Waals surface area contributed by atoms with Gasteiger partial charge in [-0.25, -0.2) is 17.1 Å². The first-order valence-electron chi connectivity index (χ1n) is 6.73. The van der Waals surface area contributed by atoms with Crippen LogP contribution < -0.4 is 5.32 Å². The first-order valence-corrected chi connectivity index (χ1v) is 8.58. The van der Waals surface area contributed by atoms with Gasteiger partial charge in [0.15, 0.2) is 0 Å². The van der Waals surface area contributed by atoms with E-state index >= 15 is 0 Å². The number of benzene rings is 1. The van der Waals surface area contributed by atoms with Gasteiger partial charge in [0.05, 0.1) is 11.8 Å². The molecule has 0 atom stereocenters. The van der Waals surface area contributed by atoms with Crippen molar-refractivity contribution in [3.05, 3.63) is 35.6 Å². The maximum absolute atomic E-state index is 13.1. The van der Waals surface area contributed by atoms with E-state index in [2.05, 4.69) is 5.32 Å². The van der Waals surface area contributed by atoms with E-state index in [1.54, 1.807) is 12.1 Å². The van der Waals surface area contributed by atoms with E-state index < -0.39 is 15.6 Å².